The van der Waals surface area contributed by atoms with Gasteiger partial charge in [-0.3, -0.25) is 4.79 Å². The molecule has 0 bridgehead atoms. The van der Waals surface area contributed by atoms with Crippen LogP contribution in [-0.4, -0.2) is 5.91 Å². The molecule has 4 aliphatic carbocycles. The van der Waals surface area contributed by atoms with E-state index in [1.165, 1.54) is 51.4 Å². The average Bonchev–Trinajstić information content (AvgIpc) is 2.84. The van der Waals surface area contributed by atoms with Crippen LogP contribution in [0.2, 0.25) is 0 Å². The molecular formula is C20H31NO. The monoisotopic (exact) mass is 301 g/mol. The van der Waals surface area contributed by atoms with E-state index >= 15 is 0 Å². The minimum atomic E-state index is -0.0423. The minimum Gasteiger partial charge on any atom is -0.369 e. The Morgan fingerprint density at radius 2 is 1.95 bits per heavy atom. The Bertz CT molecular complexity index is 524. The fourth-order valence-corrected chi connectivity index (χ4v) is 7.17. The predicted molar refractivity (Wildman–Crippen MR) is 89.0 cm³/mol. The van der Waals surface area contributed by atoms with Gasteiger partial charge in [0.2, 0.25) is 5.91 Å². The molecule has 0 aromatic rings. The van der Waals surface area contributed by atoms with E-state index in [0.717, 1.165) is 24.2 Å². The van der Waals surface area contributed by atoms with Gasteiger partial charge in [0.25, 0.3) is 0 Å². The smallest absolute Gasteiger partial charge is 0.221 e. The Morgan fingerprint density at radius 1 is 1.14 bits per heavy atom. The van der Waals surface area contributed by atoms with Crippen molar-refractivity contribution in [2.75, 3.05) is 0 Å². The van der Waals surface area contributed by atoms with E-state index in [1.807, 2.05) is 0 Å². The number of nitrogens with two attached hydrogens (primary N) is 1. The fourth-order valence-electron chi connectivity index (χ4n) is 7.17. The average molecular weight is 301 g/mol. The standard InChI is InChI=1S/C20H31NO/c1-19-11-4-3-5-13(19)6-7-14-15-8-9-17(18(21)22)20(15,2)12-10-16(14)19/h6,14-17H,3-5,7-12H2,1-2H3,(H2,21,22)/t14-,15-,16-,17+,19-,20-/m0/s1. The van der Waals surface area contributed by atoms with Crippen LogP contribution in [0.1, 0.15) is 71.6 Å². The molecule has 2 N–H and O–H groups in total. The van der Waals surface area contributed by atoms with Gasteiger partial charge in [0, 0.05) is 5.92 Å². The SMILES string of the molecule is C[C@]12CC[C@H]3[C@@H](CC=C4CCCC[C@@]43C)[C@@H]1CC[C@@H]2C(N)=O. The summed E-state index contributed by atoms with van der Waals surface area (Å²) in [4.78, 5) is 11.9. The number of allylic oxidation sites excluding steroid dienone is 2. The molecule has 2 nitrogen and oxygen atoms in total. The molecule has 3 saturated carbocycles. The highest BCUT2D eigenvalue weighted by molar-refractivity contribution is 5.78. The second-order valence-electron chi connectivity index (χ2n) is 9.04. The maximum atomic E-state index is 11.9. The van der Waals surface area contributed by atoms with Gasteiger partial charge in [0.05, 0.1) is 0 Å². The molecule has 2 heteroatoms. The molecule has 1 amide bonds. The Hall–Kier alpha value is -0.790. The van der Waals surface area contributed by atoms with Crippen molar-refractivity contribution in [2.45, 2.75) is 71.6 Å². The van der Waals surface area contributed by atoms with Gasteiger partial charge in [-0.2, -0.15) is 0 Å². The highest BCUT2D eigenvalue weighted by Crippen LogP contribution is 2.66. The summed E-state index contributed by atoms with van der Waals surface area (Å²) in [6, 6.07) is 0. The summed E-state index contributed by atoms with van der Waals surface area (Å²) in [5.41, 5.74) is 8.16. The van der Waals surface area contributed by atoms with Crippen molar-refractivity contribution < 1.29 is 4.79 Å². The zero-order valence-electron chi connectivity index (χ0n) is 14.2. The maximum Gasteiger partial charge on any atom is 0.221 e. The van der Waals surface area contributed by atoms with Gasteiger partial charge < -0.3 is 5.73 Å². The zero-order chi connectivity index (χ0) is 15.5. The quantitative estimate of drug-likeness (QED) is 0.715. The summed E-state index contributed by atoms with van der Waals surface area (Å²) in [7, 11) is 0. The summed E-state index contributed by atoms with van der Waals surface area (Å²) in [6.07, 6.45) is 14.2. The van der Waals surface area contributed by atoms with Gasteiger partial charge >= 0.3 is 0 Å². The Labute approximate surface area is 134 Å². The Morgan fingerprint density at radius 3 is 2.73 bits per heavy atom. The molecule has 0 radical (unpaired) electrons. The van der Waals surface area contributed by atoms with Crippen molar-refractivity contribution in [1.29, 1.82) is 0 Å². The van der Waals surface area contributed by atoms with E-state index in [4.69, 9.17) is 5.73 Å². The summed E-state index contributed by atoms with van der Waals surface area (Å²) >= 11 is 0. The lowest BCUT2D eigenvalue weighted by Crippen LogP contribution is -2.50. The van der Waals surface area contributed by atoms with Gasteiger partial charge in [0.15, 0.2) is 0 Å². The van der Waals surface area contributed by atoms with E-state index < -0.39 is 0 Å². The number of amides is 1. The van der Waals surface area contributed by atoms with Crippen LogP contribution >= 0.6 is 0 Å². The zero-order valence-corrected chi connectivity index (χ0v) is 14.2. The molecular weight excluding hydrogens is 270 g/mol. The largest absolute Gasteiger partial charge is 0.369 e. The molecule has 0 unspecified atom stereocenters. The molecule has 0 aromatic heterocycles. The fraction of sp³-hybridized carbons (Fsp3) is 0.850. The molecule has 6 atom stereocenters. The number of primary amides is 1. The van der Waals surface area contributed by atoms with Crippen LogP contribution in [-0.2, 0) is 4.79 Å². The van der Waals surface area contributed by atoms with Gasteiger partial charge in [0.1, 0.15) is 0 Å². The molecule has 0 aliphatic heterocycles. The molecule has 0 aromatic carbocycles. The van der Waals surface area contributed by atoms with Crippen LogP contribution in [0, 0.1) is 34.5 Å². The third-order valence-electron chi connectivity index (χ3n) is 8.36. The van der Waals surface area contributed by atoms with Crippen molar-refractivity contribution in [1.82, 2.24) is 0 Å². The number of fused-ring (bicyclic) bond motifs is 5. The van der Waals surface area contributed by atoms with Gasteiger partial charge in [-0.1, -0.05) is 31.9 Å². The normalized spacial score (nSPS) is 50.5. The van der Waals surface area contributed by atoms with E-state index in [-0.39, 0.29) is 17.2 Å². The lowest BCUT2D eigenvalue weighted by atomic mass is 9.47. The molecule has 4 rings (SSSR count). The van der Waals surface area contributed by atoms with Crippen LogP contribution in [0.25, 0.3) is 0 Å². The van der Waals surface area contributed by atoms with Crippen LogP contribution < -0.4 is 5.73 Å². The van der Waals surface area contributed by atoms with E-state index in [1.54, 1.807) is 5.57 Å². The van der Waals surface area contributed by atoms with Crippen LogP contribution in [0.4, 0.5) is 0 Å². The molecule has 3 fully saturated rings. The first kappa shape index (κ1) is 14.8. The Kier molecular flexibility index (Phi) is 3.26. The lowest BCUT2D eigenvalue weighted by molar-refractivity contribution is -0.128. The van der Waals surface area contributed by atoms with Gasteiger partial charge in [-0.15, -0.1) is 0 Å². The number of carbonyl (C=O) groups excluding carboxylic acids is 1. The summed E-state index contributed by atoms with van der Waals surface area (Å²) in [6.45, 7) is 4.93. The predicted octanol–water partition coefficient (Wildman–Crippen LogP) is 4.44. The first-order valence-corrected chi connectivity index (χ1v) is 9.45. The van der Waals surface area contributed by atoms with Crippen molar-refractivity contribution in [2.24, 2.45) is 40.2 Å². The maximum absolute atomic E-state index is 11.9. The van der Waals surface area contributed by atoms with Crippen LogP contribution in [0.15, 0.2) is 11.6 Å². The number of carbonyl (C=O) groups is 1. The molecule has 122 valence electrons. The first-order chi connectivity index (χ1) is 10.5. The first-order valence-electron chi connectivity index (χ1n) is 9.45. The Balaban J connectivity index is 1.68. The van der Waals surface area contributed by atoms with Gasteiger partial charge in [-0.25, -0.2) is 0 Å². The summed E-state index contributed by atoms with van der Waals surface area (Å²) in [5, 5.41) is 0. The van der Waals surface area contributed by atoms with Crippen molar-refractivity contribution in [3.05, 3.63) is 11.6 Å². The third kappa shape index (κ3) is 1.82. The van der Waals surface area contributed by atoms with Crippen molar-refractivity contribution in [3.8, 4) is 0 Å². The molecule has 0 heterocycles. The second kappa shape index (κ2) is 4.85. The molecule has 4 aliphatic rings. The molecule has 0 spiro atoms. The highest BCUT2D eigenvalue weighted by Gasteiger charge is 2.59. The highest BCUT2D eigenvalue weighted by atomic mass is 16.1. The third-order valence-corrected chi connectivity index (χ3v) is 8.36. The van der Waals surface area contributed by atoms with Gasteiger partial charge in [-0.05, 0) is 80.0 Å². The topological polar surface area (TPSA) is 43.1 Å². The van der Waals surface area contributed by atoms with Crippen molar-refractivity contribution >= 4 is 5.91 Å². The van der Waals surface area contributed by atoms with E-state index in [9.17, 15) is 4.79 Å². The minimum absolute atomic E-state index is 0.0423. The number of hydrogen-bond donors (Lipinski definition) is 1. The number of hydrogen-bond acceptors (Lipinski definition) is 1. The second-order valence-corrected chi connectivity index (χ2v) is 9.04. The lowest BCUT2D eigenvalue weighted by Gasteiger charge is -2.57. The van der Waals surface area contributed by atoms with Crippen LogP contribution in [0.3, 0.4) is 0 Å². The summed E-state index contributed by atoms with van der Waals surface area (Å²) in [5.74, 6) is 2.47. The number of rotatable bonds is 1. The molecule has 0 saturated heterocycles. The van der Waals surface area contributed by atoms with E-state index in [2.05, 4.69) is 19.9 Å². The summed E-state index contributed by atoms with van der Waals surface area (Å²) < 4.78 is 0. The van der Waals surface area contributed by atoms with Crippen LogP contribution in [0.5, 0.6) is 0 Å². The van der Waals surface area contributed by atoms with Crippen molar-refractivity contribution in [3.63, 3.8) is 0 Å². The molecule has 22 heavy (non-hydrogen) atoms. The van der Waals surface area contributed by atoms with E-state index in [0.29, 0.717) is 5.41 Å².